The SMILES string of the molecule is CCCCCC[C@@H](O)CC=NNC(N)=O. The van der Waals surface area contributed by atoms with Gasteiger partial charge in [-0.3, -0.25) is 0 Å². The molecule has 0 aromatic rings. The largest absolute Gasteiger partial charge is 0.393 e. The van der Waals surface area contributed by atoms with E-state index in [1.807, 2.05) is 0 Å². The van der Waals surface area contributed by atoms with Crippen molar-refractivity contribution in [3.05, 3.63) is 0 Å². The second kappa shape index (κ2) is 9.45. The quantitative estimate of drug-likeness (QED) is 0.324. The zero-order chi connectivity index (χ0) is 11.5. The van der Waals surface area contributed by atoms with E-state index in [-0.39, 0.29) is 6.10 Å². The van der Waals surface area contributed by atoms with Crippen LogP contribution in [0.2, 0.25) is 0 Å². The van der Waals surface area contributed by atoms with E-state index in [1.54, 1.807) is 0 Å². The molecule has 0 aliphatic heterocycles. The van der Waals surface area contributed by atoms with Gasteiger partial charge in [0, 0.05) is 12.6 Å². The van der Waals surface area contributed by atoms with Crippen LogP contribution in [-0.4, -0.2) is 23.5 Å². The Hall–Kier alpha value is -1.10. The number of carbonyl (C=O) groups is 1. The first-order valence-corrected chi connectivity index (χ1v) is 5.41. The lowest BCUT2D eigenvalue weighted by Crippen LogP contribution is -2.24. The molecule has 0 aliphatic carbocycles. The highest BCUT2D eigenvalue weighted by Crippen LogP contribution is 2.06. The van der Waals surface area contributed by atoms with Crippen LogP contribution in [0.15, 0.2) is 5.10 Å². The van der Waals surface area contributed by atoms with Crippen LogP contribution < -0.4 is 11.2 Å². The van der Waals surface area contributed by atoms with Crippen molar-refractivity contribution in [2.45, 2.75) is 51.6 Å². The van der Waals surface area contributed by atoms with E-state index in [1.165, 1.54) is 19.1 Å². The van der Waals surface area contributed by atoms with Gasteiger partial charge >= 0.3 is 6.03 Å². The molecule has 0 aromatic heterocycles. The van der Waals surface area contributed by atoms with Crippen LogP contribution in [0.1, 0.15) is 45.4 Å². The smallest absolute Gasteiger partial charge is 0.332 e. The summed E-state index contributed by atoms with van der Waals surface area (Å²) in [5.74, 6) is 0. The van der Waals surface area contributed by atoms with Crippen molar-refractivity contribution in [3.8, 4) is 0 Å². The van der Waals surface area contributed by atoms with E-state index < -0.39 is 6.03 Å². The zero-order valence-electron chi connectivity index (χ0n) is 9.28. The van der Waals surface area contributed by atoms with E-state index in [4.69, 9.17) is 5.73 Å². The normalized spacial score (nSPS) is 12.9. The van der Waals surface area contributed by atoms with Crippen molar-refractivity contribution >= 4 is 12.2 Å². The summed E-state index contributed by atoms with van der Waals surface area (Å²) < 4.78 is 0. The standard InChI is InChI=1S/C10H21N3O2/c1-2-3-4-5-6-9(14)7-8-12-13-10(11)15/h8-9,14H,2-7H2,1H3,(H3,11,13,15)/t9-/m1/s1. The molecule has 0 aromatic carbocycles. The Morgan fingerprint density at radius 3 is 2.87 bits per heavy atom. The number of hydrogen-bond acceptors (Lipinski definition) is 3. The average molecular weight is 215 g/mol. The summed E-state index contributed by atoms with van der Waals surface area (Å²) in [6, 6.07) is -0.691. The van der Waals surface area contributed by atoms with Crippen LogP contribution in [0, 0.1) is 0 Å². The number of hydrogen-bond donors (Lipinski definition) is 3. The van der Waals surface area contributed by atoms with Gasteiger partial charge in [0.25, 0.3) is 0 Å². The molecule has 0 aliphatic rings. The van der Waals surface area contributed by atoms with E-state index >= 15 is 0 Å². The average Bonchev–Trinajstić information content (AvgIpc) is 2.19. The number of nitrogens with two attached hydrogens (primary N) is 1. The third-order valence-electron chi connectivity index (χ3n) is 2.03. The lowest BCUT2D eigenvalue weighted by atomic mass is 10.1. The molecule has 0 saturated carbocycles. The van der Waals surface area contributed by atoms with Gasteiger partial charge in [0.15, 0.2) is 0 Å². The Kier molecular flexibility index (Phi) is 8.76. The number of aliphatic hydroxyl groups is 1. The van der Waals surface area contributed by atoms with Gasteiger partial charge < -0.3 is 10.8 Å². The van der Waals surface area contributed by atoms with Gasteiger partial charge in [-0.2, -0.15) is 5.10 Å². The predicted octanol–water partition coefficient (Wildman–Crippen LogP) is 1.36. The minimum Gasteiger partial charge on any atom is -0.393 e. The Balaban J connectivity index is 3.36. The van der Waals surface area contributed by atoms with Crippen LogP contribution in [0.4, 0.5) is 4.79 Å². The topological polar surface area (TPSA) is 87.7 Å². The van der Waals surface area contributed by atoms with E-state index in [2.05, 4.69) is 17.5 Å². The maximum absolute atomic E-state index is 10.2. The number of rotatable bonds is 8. The molecule has 5 heteroatoms. The summed E-state index contributed by atoms with van der Waals surface area (Å²) in [6.45, 7) is 2.15. The van der Waals surface area contributed by atoms with Crippen LogP contribution >= 0.6 is 0 Å². The third-order valence-corrected chi connectivity index (χ3v) is 2.03. The van der Waals surface area contributed by atoms with Gasteiger partial charge in [0.2, 0.25) is 0 Å². The lowest BCUT2D eigenvalue weighted by Gasteiger charge is -2.06. The van der Waals surface area contributed by atoms with E-state index in [9.17, 15) is 9.90 Å². The highest BCUT2D eigenvalue weighted by atomic mass is 16.3. The zero-order valence-corrected chi connectivity index (χ0v) is 9.28. The molecular formula is C10H21N3O2. The first-order chi connectivity index (χ1) is 7.16. The van der Waals surface area contributed by atoms with Crippen molar-refractivity contribution in [2.75, 3.05) is 0 Å². The Morgan fingerprint density at radius 2 is 2.27 bits per heavy atom. The predicted molar refractivity (Wildman–Crippen MR) is 60.6 cm³/mol. The number of aliphatic hydroxyl groups excluding tert-OH is 1. The molecule has 1 atom stereocenters. The fraction of sp³-hybridized carbons (Fsp3) is 0.800. The molecule has 0 saturated heterocycles. The fourth-order valence-corrected chi connectivity index (χ4v) is 1.21. The summed E-state index contributed by atoms with van der Waals surface area (Å²) in [4.78, 5) is 10.2. The number of unbranched alkanes of at least 4 members (excludes halogenated alkanes) is 3. The van der Waals surface area contributed by atoms with Crippen LogP contribution in [0.5, 0.6) is 0 Å². The van der Waals surface area contributed by atoms with Crippen molar-refractivity contribution < 1.29 is 9.90 Å². The highest BCUT2D eigenvalue weighted by Gasteiger charge is 2.01. The Bertz CT molecular complexity index is 195. The molecule has 0 fully saturated rings. The number of urea groups is 1. The molecule has 4 N–H and O–H groups in total. The summed E-state index contributed by atoms with van der Waals surface area (Å²) in [6.07, 6.45) is 6.92. The molecule has 0 rings (SSSR count). The molecule has 88 valence electrons. The van der Waals surface area contributed by atoms with Crippen LogP contribution in [-0.2, 0) is 0 Å². The number of amides is 2. The maximum Gasteiger partial charge on any atom is 0.332 e. The molecule has 15 heavy (non-hydrogen) atoms. The van der Waals surface area contributed by atoms with Crippen molar-refractivity contribution in [3.63, 3.8) is 0 Å². The molecule has 0 spiro atoms. The van der Waals surface area contributed by atoms with Gasteiger partial charge in [0.05, 0.1) is 6.10 Å². The highest BCUT2D eigenvalue weighted by molar-refractivity contribution is 5.72. The molecule has 5 nitrogen and oxygen atoms in total. The van der Waals surface area contributed by atoms with Gasteiger partial charge in [0.1, 0.15) is 0 Å². The Labute approximate surface area is 90.7 Å². The van der Waals surface area contributed by atoms with Crippen LogP contribution in [0.25, 0.3) is 0 Å². The number of hydrazone groups is 1. The second-order valence-corrected chi connectivity index (χ2v) is 3.53. The maximum atomic E-state index is 10.2. The molecule has 2 amide bonds. The number of nitrogens with one attached hydrogen (secondary N) is 1. The molecular weight excluding hydrogens is 194 g/mol. The van der Waals surface area contributed by atoms with Gasteiger partial charge in [-0.1, -0.05) is 32.6 Å². The van der Waals surface area contributed by atoms with Crippen molar-refractivity contribution in [2.24, 2.45) is 10.8 Å². The first-order valence-electron chi connectivity index (χ1n) is 5.41. The van der Waals surface area contributed by atoms with Gasteiger partial charge in [-0.15, -0.1) is 0 Å². The summed E-state index contributed by atoms with van der Waals surface area (Å²) >= 11 is 0. The first kappa shape index (κ1) is 13.9. The molecule has 0 bridgehead atoms. The van der Waals surface area contributed by atoms with Crippen LogP contribution in [0.3, 0.4) is 0 Å². The fourth-order valence-electron chi connectivity index (χ4n) is 1.21. The Morgan fingerprint density at radius 1 is 1.53 bits per heavy atom. The van der Waals surface area contributed by atoms with Crippen molar-refractivity contribution in [1.29, 1.82) is 0 Å². The molecule has 0 radical (unpaired) electrons. The lowest BCUT2D eigenvalue weighted by molar-refractivity contribution is 0.169. The van der Waals surface area contributed by atoms with Gasteiger partial charge in [-0.25, -0.2) is 10.2 Å². The molecule has 0 heterocycles. The van der Waals surface area contributed by atoms with Gasteiger partial charge in [-0.05, 0) is 6.42 Å². The number of nitrogens with zero attached hydrogens (tertiary/aromatic N) is 1. The number of carbonyl (C=O) groups excluding carboxylic acids is 1. The second-order valence-electron chi connectivity index (χ2n) is 3.53. The summed E-state index contributed by atoms with van der Waals surface area (Å²) in [5, 5.41) is 13.0. The minimum atomic E-state index is -0.691. The third kappa shape index (κ3) is 10.8. The number of primary amides is 1. The summed E-state index contributed by atoms with van der Waals surface area (Å²) in [7, 11) is 0. The summed E-state index contributed by atoms with van der Waals surface area (Å²) in [5.41, 5.74) is 6.87. The monoisotopic (exact) mass is 215 g/mol. The minimum absolute atomic E-state index is 0.375. The van der Waals surface area contributed by atoms with E-state index in [0.29, 0.717) is 6.42 Å². The van der Waals surface area contributed by atoms with Crippen molar-refractivity contribution in [1.82, 2.24) is 5.43 Å². The molecule has 0 unspecified atom stereocenters. The van der Waals surface area contributed by atoms with E-state index in [0.717, 1.165) is 19.3 Å².